The van der Waals surface area contributed by atoms with Gasteiger partial charge < -0.3 is 14.6 Å². The van der Waals surface area contributed by atoms with Gasteiger partial charge in [-0.1, -0.05) is 6.08 Å². The quantitative estimate of drug-likeness (QED) is 0.186. The number of allylic oxidation sites excluding steroid dienone is 5. The van der Waals surface area contributed by atoms with Crippen LogP contribution in [0.15, 0.2) is 56.6 Å². The van der Waals surface area contributed by atoms with Crippen LogP contribution in [0.3, 0.4) is 0 Å². The number of rotatable bonds is 4. The molecule has 4 atom stereocenters. The minimum Gasteiger partial charge on any atom is -0.507 e. The van der Waals surface area contributed by atoms with Crippen LogP contribution >= 0.6 is 0 Å². The van der Waals surface area contributed by atoms with Gasteiger partial charge in [0.25, 0.3) is 0 Å². The lowest BCUT2D eigenvalue weighted by atomic mass is 9.69. The van der Waals surface area contributed by atoms with Crippen LogP contribution in [0.1, 0.15) is 40.5 Å². The highest BCUT2D eigenvalue weighted by atomic mass is 16.5. The monoisotopic (exact) mass is 536 g/mol. The first-order chi connectivity index (χ1) is 18.4. The number of aliphatic hydroxyl groups is 1. The molecule has 3 aliphatic heterocycles. The summed E-state index contributed by atoms with van der Waals surface area (Å²) in [6.07, 6.45) is 2.12. The summed E-state index contributed by atoms with van der Waals surface area (Å²) in [4.78, 5) is 69.7. The molecule has 0 amide bonds. The number of piperazine rings is 1. The first kappa shape index (κ1) is 27.0. The summed E-state index contributed by atoms with van der Waals surface area (Å²) >= 11 is 0. The van der Waals surface area contributed by atoms with E-state index in [0.29, 0.717) is 35.3 Å². The van der Waals surface area contributed by atoms with Crippen molar-refractivity contribution in [2.45, 2.75) is 64.7 Å². The highest BCUT2D eigenvalue weighted by Crippen LogP contribution is 2.47. The van der Waals surface area contributed by atoms with E-state index >= 15 is 0 Å². The zero-order valence-corrected chi connectivity index (χ0v) is 22.9. The minimum atomic E-state index is -0.812. The number of Topliss-reactive ketones (excluding diaryl/α,β-unsaturated/α-hetero) is 4. The van der Waals surface area contributed by atoms with Crippen LogP contribution in [0.5, 0.6) is 0 Å². The number of likely N-dealkylation sites (N-methyl/N-ethyl adjacent to an activating group) is 1. The Bertz CT molecular complexity index is 1410. The standard InChI is InChI=1S/C29H32N2O8/c1-7-12(2)29(37)39-11-19-20-17(23(32)13(3)25(34)26(20)35)9-18-22-21-16(8-15(30(22)5)10-31(18)19)24(33)14(4)28(38-6)27(21)36/h7,15,18-19,22,32H,8-11H2,1-6H3/b12-7-/t15-,18-,19+,22-/m1/s1. The number of nitrogens with zero attached hydrogens (tertiary/aromatic N) is 2. The molecule has 0 spiro atoms. The fraction of sp³-hybridized carbons (Fsp3) is 0.483. The van der Waals surface area contributed by atoms with Gasteiger partial charge in [-0.2, -0.15) is 0 Å². The van der Waals surface area contributed by atoms with E-state index < -0.39 is 35.7 Å². The SMILES string of the molecule is C/C=C(/C)C(=O)OC[C@H]1C2=C(C[C@@H]3[C@@H]4C5=C(C[C@H](CN31)N4C)C(=O)C(C)=C(OC)C5=O)C(O)=C(C)C(=O)C2=O. The lowest BCUT2D eigenvalue weighted by Gasteiger charge is -2.58. The number of aliphatic hydroxyl groups excluding tert-OH is 1. The Balaban J connectivity index is 1.64. The number of ether oxygens (including phenoxy) is 2. The van der Waals surface area contributed by atoms with E-state index in [1.54, 1.807) is 26.8 Å². The zero-order valence-electron chi connectivity index (χ0n) is 22.9. The molecule has 1 fully saturated rings. The van der Waals surface area contributed by atoms with Crippen molar-refractivity contribution in [3.8, 4) is 0 Å². The summed E-state index contributed by atoms with van der Waals surface area (Å²) < 4.78 is 10.9. The van der Waals surface area contributed by atoms with E-state index in [4.69, 9.17) is 9.47 Å². The molecule has 3 heterocycles. The summed E-state index contributed by atoms with van der Waals surface area (Å²) in [7, 11) is 3.26. The Morgan fingerprint density at radius 1 is 1.00 bits per heavy atom. The van der Waals surface area contributed by atoms with Gasteiger partial charge in [-0.3, -0.25) is 29.0 Å². The van der Waals surface area contributed by atoms with Crippen molar-refractivity contribution < 1.29 is 38.6 Å². The van der Waals surface area contributed by atoms with Crippen molar-refractivity contribution in [2.75, 3.05) is 27.3 Å². The van der Waals surface area contributed by atoms with Crippen LogP contribution < -0.4 is 0 Å². The third-order valence-electron chi connectivity index (χ3n) is 8.93. The molecule has 0 aromatic carbocycles. The normalized spacial score (nSPS) is 30.1. The minimum absolute atomic E-state index is 0.0165. The molecule has 206 valence electrons. The van der Waals surface area contributed by atoms with E-state index in [0.717, 1.165) is 0 Å². The summed E-state index contributed by atoms with van der Waals surface area (Å²) in [5.74, 6) is -2.87. The molecule has 0 unspecified atom stereocenters. The van der Waals surface area contributed by atoms with Gasteiger partial charge in [0.15, 0.2) is 11.5 Å². The molecule has 0 aromatic heterocycles. The Morgan fingerprint density at radius 2 is 1.69 bits per heavy atom. The predicted molar refractivity (Wildman–Crippen MR) is 138 cm³/mol. The summed E-state index contributed by atoms with van der Waals surface area (Å²) in [6, 6.07) is -1.98. The van der Waals surface area contributed by atoms with Crippen LogP contribution in [-0.2, 0) is 33.4 Å². The second kappa shape index (κ2) is 9.53. The number of hydrogen-bond acceptors (Lipinski definition) is 10. The van der Waals surface area contributed by atoms with Crippen LogP contribution in [0.25, 0.3) is 0 Å². The smallest absolute Gasteiger partial charge is 0.333 e. The maximum Gasteiger partial charge on any atom is 0.333 e. The molecule has 39 heavy (non-hydrogen) atoms. The van der Waals surface area contributed by atoms with Crippen LogP contribution in [-0.4, -0.2) is 95.5 Å². The number of ketones is 4. The molecule has 5 aliphatic rings. The fourth-order valence-corrected chi connectivity index (χ4v) is 6.65. The second-order valence-corrected chi connectivity index (χ2v) is 10.8. The maximum absolute atomic E-state index is 13.7. The van der Waals surface area contributed by atoms with Crippen molar-refractivity contribution in [3.63, 3.8) is 0 Å². The molecule has 0 radical (unpaired) electrons. The predicted octanol–water partition coefficient (Wildman–Crippen LogP) is 1.67. The first-order valence-electron chi connectivity index (χ1n) is 13.0. The third-order valence-corrected chi connectivity index (χ3v) is 8.93. The summed E-state index contributed by atoms with van der Waals surface area (Å²) in [5.41, 5.74) is 1.92. The molecule has 2 aliphatic carbocycles. The van der Waals surface area contributed by atoms with Gasteiger partial charge in [0.1, 0.15) is 12.4 Å². The van der Waals surface area contributed by atoms with Gasteiger partial charge in [0.05, 0.1) is 19.2 Å². The van der Waals surface area contributed by atoms with E-state index in [-0.39, 0.29) is 58.9 Å². The van der Waals surface area contributed by atoms with Crippen molar-refractivity contribution in [2.24, 2.45) is 0 Å². The Kier molecular flexibility index (Phi) is 6.59. The fourth-order valence-electron chi connectivity index (χ4n) is 6.65. The first-order valence-corrected chi connectivity index (χ1v) is 13.0. The van der Waals surface area contributed by atoms with Crippen LogP contribution in [0.4, 0.5) is 0 Å². The highest BCUT2D eigenvalue weighted by molar-refractivity contribution is 6.50. The number of fused-ring (bicyclic) bond motifs is 5. The van der Waals surface area contributed by atoms with Crippen LogP contribution in [0, 0.1) is 0 Å². The van der Waals surface area contributed by atoms with Crippen LogP contribution in [0.2, 0.25) is 0 Å². The molecule has 2 bridgehead atoms. The van der Waals surface area contributed by atoms with Crippen molar-refractivity contribution >= 4 is 29.1 Å². The average Bonchev–Trinajstić information content (AvgIpc) is 2.91. The van der Waals surface area contributed by atoms with Gasteiger partial charge in [-0.05, 0) is 47.6 Å². The number of hydrogen-bond donors (Lipinski definition) is 1. The molecule has 1 N–H and O–H groups in total. The van der Waals surface area contributed by atoms with Gasteiger partial charge in [-0.25, -0.2) is 4.79 Å². The lowest BCUT2D eigenvalue weighted by molar-refractivity contribution is -0.143. The molecule has 10 nitrogen and oxygen atoms in total. The number of carbonyl (C=O) groups is 5. The number of esters is 1. The Labute approximate surface area is 226 Å². The van der Waals surface area contributed by atoms with E-state index in [9.17, 15) is 29.1 Å². The third kappa shape index (κ3) is 3.80. The number of carbonyl (C=O) groups excluding carboxylic acids is 5. The van der Waals surface area contributed by atoms with E-state index in [1.165, 1.54) is 14.0 Å². The lowest BCUT2D eigenvalue weighted by Crippen LogP contribution is -2.70. The molecule has 0 saturated carbocycles. The molecule has 1 saturated heterocycles. The summed E-state index contributed by atoms with van der Waals surface area (Å²) in [5, 5.41) is 11.0. The second-order valence-electron chi connectivity index (χ2n) is 10.8. The number of methoxy groups -OCH3 is 1. The molecule has 0 aromatic rings. The highest BCUT2D eigenvalue weighted by Gasteiger charge is 2.56. The van der Waals surface area contributed by atoms with Crippen molar-refractivity contribution in [1.82, 2.24) is 9.80 Å². The molecular formula is C29H32N2O8. The van der Waals surface area contributed by atoms with E-state index in [2.05, 4.69) is 4.90 Å². The molecule has 5 rings (SSSR count). The van der Waals surface area contributed by atoms with Gasteiger partial charge in [0.2, 0.25) is 17.3 Å². The maximum atomic E-state index is 13.7. The largest absolute Gasteiger partial charge is 0.507 e. The molecule has 10 heteroatoms. The average molecular weight is 537 g/mol. The Hall–Kier alpha value is -3.63. The van der Waals surface area contributed by atoms with Gasteiger partial charge in [-0.15, -0.1) is 0 Å². The topological polar surface area (TPSA) is 131 Å². The van der Waals surface area contributed by atoms with Crippen molar-refractivity contribution in [3.05, 3.63) is 56.6 Å². The zero-order chi connectivity index (χ0) is 28.5. The van der Waals surface area contributed by atoms with E-state index in [1.807, 2.05) is 11.9 Å². The molecular weight excluding hydrogens is 504 g/mol. The summed E-state index contributed by atoms with van der Waals surface area (Å²) in [6.45, 7) is 6.52. The Morgan fingerprint density at radius 3 is 2.33 bits per heavy atom. The van der Waals surface area contributed by atoms with Crippen molar-refractivity contribution in [1.29, 1.82) is 0 Å². The van der Waals surface area contributed by atoms with Gasteiger partial charge >= 0.3 is 5.97 Å². The van der Waals surface area contributed by atoms with Gasteiger partial charge in [0, 0.05) is 57.6 Å².